The van der Waals surface area contributed by atoms with Crippen molar-refractivity contribution in [2.45, 2.75) is 36.9 Å². The molecule has 9 heteroatoms. The Bertz CT molecular complexity index is 1430. The number of fused-ring (bicyclic) bond motifs is 1. The van der Waals surface area contributed by atoms with Crippen LogP contribution in [-0.4, -0.2) is 41.1 Å². The van der Waals surface area contributed by atoms with Gasteiger partial charge in [-0.15, -0.1) is 11.3 Å². The predicted octanol–water partition coefficient (Wildman–Crippen LogP) is 4.82. The molecule has 0 bridgehead atoms. The standard InChI is InChI=1S/C26H24FN3O3S2/c27-21-10-8-19(9-11-21)16-29(17-23-6-3-15-34-23)25(31)18-30(22-12-13-22)35(32,33)24-7-1-4-20-5-2-14-28-26(20)24/h1-11,14-15,22H,12-13,16-18H2. The van der Waals surface area contributed by atoms with Crippen LogP contribution < -0.4 is 0 Å². The van der Waals surface area contributed by atoms with Gasteiger partial charge in [0.1, 0.15) is 10.7 Å². The monoisotopic (exact) mass is 509 g/mol. The Hall–Kier alpha value is -3.14. The molecule has 6 nitrogen and oxygen atoms in total. The lowest BCUT2D eigenvalue weighted by molar-refractivity contribution is -0.132. The first-order valence-corrected chi connectivity index (χ1v) is 13.6. The van der Waals surface area contributed by atoms with Crippen LogP contribution in [0.4, 0.5) is 4.39 Å². The average Bonchev–Trinajstić information content (AvgIpc) is 3.57. The summed E-state index contributed by atoms with van der Waals surface area (Å²) < 4.78 is 42.3. The van der Waals surface area contributed by atoms with Gasteiger partial charge in [0.25, 0.3) is 0 Å². The average molecular weight is 510 g/mol. The lowest BCUT2D eigenvalue weighted by atomic mass is 10.2. The number of halogens is 1. The number of hydrogen-bond donors (Lipinski definition) is 0. The lowest BCUT2D eigenvalue weighted by Gasteiger charge is -2.27. The van der Waals surface area contributed by atoms with Gasteiger partial charge in [0.15, 0.2) is 0 Å². The number of thiophene rings is 1. The zero-order valence-corrected chi connectivity index (χ0v) is 20.5. The van der Waals surface area contributed by atoms with E-state index >= 15 is 0 Å². The Labute approximate surface area is 207 Å². The van der Waals surface area contributed by atoms with Crippen molar-refractivity contribution in [3.63, 3.8) is 0 Å². The molecule has 35 heavy (non-hydrogen) atoms. The van der Waals surface area contributed by atoms with E-state index in [-0.39, 0.29) is 35.8 Å². The van der Waals surface area contributed by atoms with Crippen molar-refractivity contribution in [3.8, 4) is 0 Å². The minimum absolute atomic E-state index is 0.110. The predicted molar refractivity (Wildman–Crippen MR) is 134 cm³/mol. The molecule has 1 fully saturated rings. The van der Waals surface area contributed by atoms with Gasteiger partial charge in [-0.1, -0.05) is 36.4 Å². The van der Waals surface area contributed by atoms with E-state index in [1.54, 1.807) is 41.4 Å². The molecule has 0 spiro atoms. The number of benzene rings is 2. The van der Waals surface area contributed by atoms with Gasteiger partial charge < -0.3 is 4.90 Å². The van der Waals surface area contributed by atoms with Crippen LogP contribution in [0.2, 0.25) is 0 Å². The largest absolute Gasteiger partial charge is 0.332 e. The second-order valence-corrected chi connectivity index (χ2v) is 11.5. The number of rotatable bonds is 9. The van der Waals surface area contributed by atoms with Gasteiger partial charge in [-0.2, -0.15) is 4.31 Å². The molecule has 180 valence electrons. The van der Waals surface area contributed by atoms with Crippen LogP contribution >= 0.6 is 11.3 Å². The Kier molecular flexibility index (Phi) is 6.64. The summed E-state index contributed by atoms with van der Waals surface area (Å²) in [4.78, 5) is 20.6. The molecule has 0 atom stereocenters. The van der Waals surface area contributed by atoms with E-state index in [1.165, 1.54) is 27.8 Å². The maximum atomic E-state index is 13.8. The van der Waals surface area contributed by atoms with E-state index < -0.39 is 10.0 Å². The molecule has 0 N–H and O–H groups in total. The number of nitrogens with zero attached hydrogens (tertiary/aromatic N) is 3. The van der Waals surface area contributed by atoms with Crippen molar-refractivity contribution in [2.24, 2.45) is 0 Å². The maximum absolute atomic E-state index is 13.8. The van der Waals surface area contributed by atoms with E-state index in [0.29, 0.717) is 24.9 Å². The molecule has 1 amide bonds. The topological polar surface area (TPSA) is 70.6 Å². The minimum Gasteiger partial charge on any atom is -0.332 e. The third kappa shape index (κ3) is 5.27. The van der Waals surface area contributed by atoms with Crippen molar-refractivity contribution in [2.75, 3.05) is 6.54 Å². The van der Waals surface area contributed by atoms with Crippen LogP contribution in [0, 0.1) is 5.82 Å². The van der Waals surface area contributed by atoms with Crippen LogP contribution in [0.25, 0.3) is 10.9 Å². The number of sulfonamides is 1. The van der Waals surface area contributed by atoms with Gasteiger partial charge in [0, 0.05) is 29.0 Å². The molecular weight excluding hydrogens is 485 g/mol. The summed E-state index contributed by atoms with van der Waals surface area (Å²) in [5.74, 6) is -0.647. The van der Waals surface area contributed by atoms with Crippen LogP contribution in [-0.2, 0) is 27.9 Å². The number of para-hydroxylation sites is 1. The summed E-state index contributed by atoms with van der Waals surface area (Å²) in [5.41, 5.74) is 1.17. The van der Waals surface area contributed by atoms with Crippen molar-refractivity contribution >= 4 is 38.2 Å². The Balaban J connectivity index is 1.44. The number of carbonyl (C=O) groups excluding carboxylic acids is 1. The number of aromatic nitrogens is 1. The van der Waals surface area contributed by atoms with Gasteiger partial charge >= 0.3 is 0 Å². The fourth-order valence-corrected chi connectivity index (χ4v) is 6.57. The van der Waals surface area contributed by atoms with Gasteiger partial charge in [-0.05, 0) is 54.1 Å². The number of hydrogen-bond acceptors (Lipinski definition) is 5. The highest BCUT2D eigenvalue weighted by molar-refractivity contribution is 7.89. The molecule has 2 aromatic carbocycles. The van der Waals surface area contributed by atoms with E-state index in [4.69, 9.17) is 0 Å². The van der Waals surface area contributed by atoms with E-state index in [0.717, 1.165) is 15.8 Å². The van der Waals surface area contributed by atoms with E-state index in [2.05, 4.69) is 4.98 Å². The van der Waals surface area contributed by atoms with Crippen LogP contribution in [0.5, 0.6) is 0 Å². The molecule has 1 aliphatic rings. The quantitative estimate of drug-likeness (QED) is 0.324. The molecule has 2 aromatic heterocycles. The molecule has 5 rings (SSSR count). The summed E-state index contributed by atoms with van der Waals surface area (Å²) in [7, 11) is -3.96. The smallest absolute Gasteiger partial charge is 0.245 e. The first kappa shape index (κ1) is 23.6. The maximum Gasteiger partial charge on any atom is 0.245 e. The molecule has 1 saturated carbocycles. The zero-order chi connectivity index (χ0) is 24.4. The van der Waals surface area contributed by atoms with E-state index in [1.807, 2.05) is 29.6 Å². The highest BCUT2D eigenvalue weighted by atomic mass is 32.2. The molecule has 2 heterocycles. The summed E-state index contributed by atoms with van der Waals surface area (Å²) in [6.45, 7) is 0.344. The summed E-state index contributed by atoms with van der Waals surface area (Å²) in [6.07, 6.45) is 3.00. The zero-order valence-electron chi connectivity index (χ0n) is 18.9. The van der Waals surface area contributed by atoms with Crippen LogP contribution in [0.15, 0.2) is 83.2 Å². The number of carbonyl (C=O) groups is 1. The Morgan fingerprint density at radius 2 is 1.77 bits per heavy atom. The molecule has 0 radical (unpaired) electrons. The molecule has 0 unspecified atom stereocenters. The van der Waals surface area contributed by atoms with Gasteiger partial charge in [-0.3, -0.25) is 9.78 Å². The summed E-state index contributed by atoms with van der Waals surface area (Å²) >= 11 is 1.53. The van der Waals surface area contributed by atoms with Crippen molar-refractivity contribution in [3.05, 3.63) is 94.6 Å². The highest BCUT2D eigenvalue weighted by Crippen LogP contribution is 2.34. The van der Waals surface area contributed by atoms with E-state index in [9.17, 15) is 17.6 Å². The SMILES string of the molecule is O=C(CN(C1CC1)S(=O)(=O)c1cccc2cccnc12)N(Cc1ccc(F)cc1)Cc1cccs1. The number of amides is 1. The normalized spacial score (nSPS) is 13.9. The minimum atomic E-state index is -3.96. The first-order chi connectivity index (χ1) is 16.9. The lowest BCUT2D eigenvalue weighted by Crippen LogP contribution is -2.43. The molecule has 1 aliphatic carbocycles. The second kappa shape index (κ2) is 9.85. The molecule has 0 saturated heterocycles. The first-order valence-electron chi connectivity index (χ1n) is 11.3. The molecular formula is C26H24FN3O3S2. The van der Waals surface area contributed by atoms with Crippen molar-refractivity contribution < 1.29 is 17.6 Å². The van der Waals surface area contributed by atoms with Crippen LogP contribution in [0.3, 0.4) is 0 Å². The fourth-order valence-electron chi connectivity index (χ4n) is 4.05. The molecule has 0 aliphatic heterocycles. The number of pyridine rings is 1. The van der Waals surface area contributed by atoms with Crippen molar-refractivity contribution in [1.82, 2.24) is 14.2 Å². The third-order valence-corrected chi connectivity index (χ3v) is 8.78. The highest BCUT2D eigenvalue weighted by Gasteiger charge is 2.40. The van der Waals surface area contributed by atoms with Crippen molar-refractivity contribution in [1.29, 1.82) is 0 Å². The Morgan fingerprint density at radius 3 is 2.49 bits per heavy atom. The van der Waals surface area contributed by atoms with Gasteiger partial charge in [0.2, 0.25) is 15.9 Å². The fraction of sp³-hybridized carbons (Fsp3) is 0.231. The summed E-state index contributed by atoms with van der Waals surface area (Å²) in [6, 6.07) is 18.3. The Morgan fingerprint density at radius 1 is 1.00 bits per heavy atom. The molecule has 4 aromatic rings. The second-order valence-electron chi connectivity index (χ2n) is 8.57. The van der Waals surface area contributed by atoms with Crippen LogP contribution in [0.1, 0.15) is 23.3 Å². The summed E-state index contributed by atoms with van der Waals surface area (Å²) in [5, 5.41) is 2.66. The van der Waals surface area contributed by atoms with Gasteiger partial charge in [-0.25, -0.2) is 12.8 Å². The third-order valence-electron chi connectivity index (χ3n) is 5.99. The van der Waals surface area contributed by atoms with Gasteiger partial charge in [0.05, 0.1) is 18.6 Å².